The van der Waals surface area contributed by atoms with Gasteiger partial charge in [-0.15, -0.1) is 0 Å². The molecule has 0 aliphatic carbocycles. The highest BCUT2D eigenvalue weighted by Gasteiger charge is 2.27. The van der Waals surface area contributed by atoms with Crippen molar-refractivity contribution in [1.29, 1.82) is 0 Å². The lowest BCUT2D eigenvalue weighted by atomic mass is 10.0. The molecule has 156 valence electrons. The molecule has 0 unspecified atom stereocenters. The van der Waals surface area contributed by atoms with Crippen LogP contribution in [0.15, 0.2) is 78.9 Å². The molecule has 3 aromatic carbocycles. The summed E-state index contributed by atoms with van der Waals surface area (Å²) in [5.74, 6) is 0.811. The highest BCUT2D eigenvalue weighted by Crippen LogP contribution is 2.29. The molecular formula is C25H27ClN2O2. The van der Waals surface area contributed by atoms with Crippen molar-refractivity contribution in [3.8, 4) is 5.75 Å². The topological polar surface area (TPSA) is 41.6 Å². The Bertz CT molecular complexity index is 928. The zero-order valence-electron chi connectivity index (χ0n) is 17.3. The third kappa shape index (κ3) is 5.55. The van der Waals surface area contributed by atoms with E-state index in [0.717, 1.165) is 36.4 Å². The van der Waals surface area contributed by atoms with E-state index in [1.165, 1.54) is 5.56 Å². The average Bonchev–Trinajstić information content (AvgIpc) is 2.80. The Morgan fingerprint density at radius 1 is 1.00 bits per heavy atom. The summed E-state index contributed by atoms with van der Waals surface area (Å²) in [4.78, 5) is 15.1. The predicted octanol–water partition coefficient (Wildman–Crippen LogP) is 5.28. The normalized spacial score (nSPS) is 11.6. The van der Waals surface area contributed by atoms with Crippen LogP contribution in [0.25, 0.3) is 0 Å². The lowest BCUT2D eigenvalue weighted by Gasteiger charge is -2.33. The lowest BCUT2D eigenvalue weighted by molar-refractivity contribution is -0.122. The summed E-state index contributed by atoms with van der Waals surface area (Å²) in [7, 11) is 3.34. The first-order valence-electron chi connectivity index (χ1n) is 10.0. The van der Waals surface area contributed by atoms with Gasteiger partial charge in [0, 0.05) is 24.3 Å². The van der Waals surface area contributed by atoms with Crippen LogP contribution in [0.3, 0.4) is 0 Å². The van der Waals surface area contributed by atoms with Gasteiger partial charge in [-0.2, -0.15) is 0 Å². The van der Waals surface area contributed by atoms with Crippen LogP contribution < -0.4 is 15.0 Å². The van der Waals surface area contributed by atoms with Crippen molar-refractivity contribution < 1.29 is 9.53 Å². The molecule has 0 radical (unpaired) electrons. The molecule has 0 heterocycles. The molecule has 0 aliphatic rings. The Labute approximate surface area is 183 Å². The Balaban J connectivity index is 1.84. The molecular weight excluding hydrogens is 396 g/mol. The molecule has 0 aliphatic heterocycles. The van der Waals surface area contributed by atoms with E-state index in [1.54, 1.807) is 14.2 Å². The van der Waals surface area contributed by atoms with Crippen molar-refractivity contribution in [3.05, 3.63) is 95.0 Å². The number of benzene rings is 3. The molecule has 3 aromatic rings. The molecule has 1 atom stereocenters. The minimum Gasteiger partial charge on any atom is -0.497 e. The largest absolute Gasteiger partial charge is 0.497 e. The van der Waals surface area contributed by atoms with Crippen LogP contribution in [0, 0.1) is 0 Å². The van der Waals surface area contributed by atoms with Gasteiger partial charge in [0.15, 0.2) is 0 Å². The second-order valence-corrected chi connectivity index (χ2v) is 7.49. The van der Waals surface area contributed by atoms with Crippen molar-refractivity contribution in [2.24, 2.45) is 0 Å². The summed E-state index contributed by atoms with van der Waals surface area (Å²) in [6, 6.07) is 25.2. The first kappa shape index (κ1) is 21.7. The highest BCUT2D eigenvalue weighted by atomic mass is 35.5. The number of rotatable bonds is 9. The van der Waals surface area contributed by atoms with Crippen molar-refractivity contribution in [1.82, 2.24) is 5.32 Å². The van der Waals surface area contributed by atoms with Crippen LogP contribution in [0.1, 0.15) is 23.6 Å². The summed E-state index contributed by atoms with van der Waals surface area (Å²) in [5, 5.41) is 3.50. The fraction of sp³-hybridized carbons (Fsp3) is 0.240. The second kappa shape index (κ2) is 10.7. The maximum absolute atomic E-state index is 12.9. The first-order chi connectivity index (χ1) is 14.6. The standard InChI is InChI=1S/C25H27ClN2O2/c1-27-25(29)24(20-8-4-3-5-9-20)28(22-14-12-21(26)13-15-22)18-6-7-19-10-16-23(30-2)17-11-19/h3-5,8-17,24H,6-7,18H2,1-2H3,(H,27,29)/t24-/m1/s1. The third-order valence-corrected chi connectivity index (χ3v) is 5.36. The summed E-state index contributed by atoms with van der Waals surface area (Å²) < 4.78 is 5.24. The van der Waals surface area contributed by atoms with Crippen LogP contribution in [-0.4, -0.2) is 26.6 Å². The number of methoxy groups -OCH3 is 1. The molecule has 0 bridgehead atoms. The molecule has 0 spiro atoms. The van der Waals surface area contributed by atoms with Gasteiger partial charge in [-0.3, -0.25) is 4.79 Å². The van der Waals surface area contributed by atoms with Crippen molar-refractivity contribution in [3.63, 3.8) is 0 Å². The fourth-order valence-corrected chi connectivity index (χ4v) is 3.66. The maximum atomic E-state index is 12.9. The number of anilines is 1. The van der Waals surface area contributed by atoms with E-state index in [4.69, 9.17) is 16.3 Å². The molecule has 1 amide bonds. The van der Waals surface area contributed by atoms with Gasteiger partial charge >= 0.3 is 0 Å². The van der Waals surface area contributed by atoms with Gasteiger partial charge in [0.2, 0.25) is 5.91 Å². The van der Waals surface area contributed by atoms with Crippen LogP contribution in [0.4, 0.5) is 5.69 Å². The number of ether oxygens (including phenoxy) is 1. The van der Waals surface area contributed by atoms with Crippen molar-refractivity contribution >= 4 is 23.2 Å². The van der Waals surface area contributed by atoms with Crippen LogP contribution in [-0.2, 0) is 11.2 Å². The number of nitrogens with zero attached hydrogens (tertiary/aromatic N) is 1. The van der Waals surface area contributed by atoms with Gasteiger partial charge in [-0.1, -0.05) is 54.1 Å². The van der Waals surface area contributed by atoms with E-state index in [0.29, 0.717) is 5.02 Å². The average molecular weight is 423 g/mol. The summed E-state index contributed by atoms with van der Waals surface area (Å²) >= 11 is 6.10. The molecule has 0 saturated carbocycles. The Hall–Kier alpha value is -2.98. The monoisotopic (exact) mass is 422 g/mol. The number of carbonyl (C=O) groups is 1. The van der Waals surface area contributed by atoms with Crippen LogP contribution >= 0.6 is 11.6 Å². The summed E-state index contributed by atoms with van der Waals surface area (Å²) in [6.45, 7) is 0.723. The zero-order chi connectivity index (χ0) is 21.3. The number of nitrogens with one attached hydrogen (secondary N) is 1. The minimum absolute atomic E-state index is 0.0411. The van der Waals surface area contributed by atoms with Gasteiger partial charge in [0.1, 0.15) is 11.8 Å². The predicted molar refractivity (Wildman–Crippen MR) is 123 cm³/mol. The van der Waals surface area contributed by atoms with Gasteiger partial charge in [-0.05, 0) is 60.4 Å². The maximum Gasteiger partial charge on any atom is 0.247 e. The summed E-state index contributed by atoms with van der Waals surface area (Å²) in [5.41, 5.74) is 3.16. The molecule has 4 nitrogen and oxygen atoms in total. The molecule has 1 N–H and O–H groups in total. The number of halogens is 1. The molecule has 5 heteroatoms. The van der Waals surface area contributed by atoms with Crippen molar-refractivity contribution in [2.45, 2.75) is 18.9 Å². The van der Waals surface area contributed by atoms with E-state index in [9.17, 15) is 4.79 Å². The van der Waals surface area contributed by atoms with Gasteiger partial charge < -0.3 is 15.0 Å². The number of hydrogen-bond acceptors (Lipinski definition) is 3. The van der Waals surface area contributed by atoms with E-state index < -0.39 is 6.04 Å². The van der Waals surface area contributed by atoms with E-state index >= 15 is 0 Å². The highest BCUT2D eigenvalue weighted by molar-refractivity contribution is 6.30. The van der Waals surface area contributed by atoms with Gasteiger partial charge in [0.25, 0.3) is 0 Å². The van der Waals surface area contributed by atoms with Crippen molar-refractivity contribution in [2.75, 3.05) is 25.6 Å². The SMILES string of the molecule is CNC(=O)[C@@H](c1ccccc1)N(CCCc1ccc(OC)cc1)c1ccc(Cl)cc1. The van der Waals surface area contributed by atoms with Gasteiger partial charge in [0.05, 0.1) is 7.11 Å². The Morgan fingerprint density at radius 2 is 1.67 bits per heavy atom. The number of likely N-dealkylation sites (N-methyl/N-ethyl adjacent to an activating group) is 1. The molecule has 0 saturated heterocycles. The number of carbonyl (C=O) groups excluding carboxylic acids is 1. The molecule has 0 fully saturated rings. The molecule has 30 heavy (non-hydrogen) atoms. The van der Waals surface area contributed by atoms with Crippen LogP contribution in [0.5, 0.6) is 5.75 Å². The second-order valence-electron chi connectivity index (χ2n) is 7.05. The van der Waals surface area contributed by atoms with E-state index in [1.807, 2.05) is 66.7 Å². The zero-order valence-corrected chi connectivity index (χ0v) is 18.1. The third-order valence-electron chi connectivity index (χ3n) is 5.10. The Kier molecular flexibility index (Phi) is 7.75. The smallest absolute Gasteiger partial charge is 0.247 e. The van der Waals surface area contributed by atoms with E-state index in [2.05, 4.69) is 22.3 Å². The van der Waals surface area contributed by atoms with Gasteiger partial charge in [-0.25, -0.2) is 0 Å². The number of aryl methyl sites for hydroxylation is 1. The molecule has 3 rings (SSSR count). The molecule has 0 aromatic heterocycles. The first-order valence-corrected chi connectivity index (χ1v) is 10.4. The van der Waals surface area contributed by atoms with Crippen LogP contribution in [0.2, 0.25) is 5.02 Å². The summed E-state index contributed by atoms with van der Waals surface area (Å²) in [6.07, 6.45) is 1.80. The number of hydrogen-bond donors (Lipinski definition) is 1. The lowest BCUT2D eigenvalue weighted by Crippen LogP contribution is -2.40. The quantitative estimate of drug-likeness (QED) is 0.510. The number of amides is 1. The fourth-order valence-electron chi connectivity index (χ4n) is 3.53. The Morgan fingerprint density at radius 3 is 2.27 bits per heavy atom. The van der Waals surface area contributed by atoms with E-state index in [-0.39, 0.29) is 5.91 Å². The minimum atomic E-state index is -0.423.